The van der Waals surface area contributed by atoms with Crippen LogP contribution < -0.4 is 5.32 Å². The van der Waals surface area contributed by atoms with E-state index in [2.05, 4.69) is 24.0 Å². The third kappa shape index (κ3) is 4.45. The van der Waals surface area contributed by atoms with Gasteiger partial charge in [0.2, 0.25) is 5.91 Å². The predicted molar refractivity (Wildman–Crippen MR) is 62.6 cm³/mol. The molecule has 15 heavy (non-hydrogen) atoms. The number of nitrogens with one attached hydrogen (secondary N) is 1. The maximum atomic E-state index is 11.0. The molecule has 0 aliphatic carbocycles. The Morgan fingerprint density at radius 3 is 2.67 bits per heavy atom. The van der Waals surface area contributed by atoms with Crippen molar-refractivity contribution in [3.05, 3.63) is 48.6 Å². The van der Waals surface area contributed by atoms with E-state index in [0.29, 0.717) is 0 Å². The van der Waals surface area contributed by atoms with Gasteiger partial charge in [-0.2, -0.15) is 0 Å². The summed E-state index contributed by atoms with van der Waals surface area (Å²) in [5.41, 5.74) is 1.23. The summed E-state index contributed by atoms with van der Waals surface area (Å²) in [6.07, 6.45) is 3.49. The van der Waals surface area contributed by atoms with Gasteiger partial charge in [0.1, 0.15) is 0 Å². The molecule has 1 amide bonds. The molecule has 1 N–H and O–H groups in total. The minimum atomic E-state index is 0.0118. The zero-order valence-corrected chi connectivity index (χ0v) is 9.07. The van der Waals surface area contributed by atoms with E-state index in [1.807, 2.05) is 24.3 Å². The summed E-state index contributed by atoms with van der Waals surface area (Å²) in [4.78, 5) is 11.0. The Hall–Kier alpha value is -1.57. The first kappa shape index (κ1) is 11.5. The fourth-order valence-electron chi connectivity index (χ4n) is 1.58. The molecule has 0 aliphatic heterocycles. The molecule has 1 unspecified atom stereocenters. The van der Waals surface area contributed by atoms with Crippen molar-refractivity contribution in [3.8, 4) is 0 Å². The lowest BCUT2D eigenvalue weighted by Crippen LogP contribution is -2.34. The summed E-state index contributed by atoms with van der Waals surface area (Å²) in [5.74, 6) is 0.0118. The summed E-state index contributed by atoms with van der Waals surface area (Å²) in [6, 6.07) is 10.3. The highest BCUT2D eigenvalue weighted by Crippen LogP contribution is 2.06. The van der Waals surface area contributed by atoms with Crippen molar-refractivity contribution in [2.75, 3.05) is 0 Å². The third-order valence-electron chi connectivity index (χ3n) is 2.18. The van der Waals surface area contributed by atoms with Gasteiger partial charge in [0, 0.05) is 13.0 Å². The molecule has 0 saturated carbocycles. The predicted octanol–water partition coefficient (Wildman–Crippen LogP) is 2.31. The zero-order chi connectivity index (χ0) is 11.1. The molecule has 0 spiro atoms. The number of rotatable bonds is 5. The molecule has 1 aromatic carbocycles. The van der Waals surface area contributed by atoms with Crippen molar-refractivity contribution in [2.45, 2.75) is 25.8 Å². The van der Waals surface area contributed by atoms with Crippen LogP contribution >= 0.6 is 0 Å². The molecule has 0 radical (unpaired) electrons. The van der Waals surface area contributed by atoms with Gasteiger partial charge in [0.05, 0.1) is 0 Å². The quantitative estimate of drug-likeness (QED) is 0.731. The molecule has 2 heteroatoms. The van der Waals surface area contributed by atoms with Gasteiger partial charge in [0.25, 0.3) is 0 Å². The minimum Gasteiger partial charge on any atom is -0.353 e. The Morgan fingerprint density at radius 2 is 2.13 bits per heavy atom. The number of amides is 1. The van der Waals surface area contributed by atoms with Gasteiger partial charge in [-0.25, -0.2) is 0 Å². The average molecular weight is 203 g/mol. The molecule has 2 nitrogen and oxygen atoms in total. The second-order valence-electron chi connectivity index (χ2n) is 3.61. The Morgan fingerprint density at radius 1 is 1.47 bits per heavy atom. The molecular weight excluding hydrogens is 186 g/mol. The van der Waals surface area contributed by atoms with Crippen molar-refractivity contribution in [1.82, 2.24) is 5.32 Å². The van der Waals surface area contributed by atoms with Crippen LogP contribution in [0.4, 0.5) is 0 Å². The first-order valence-corrected chi connectivity index (χ1v) is 5.14. The van der Waals surface area contributed by atoms with Gasteiger partial charge in [-0.15, -0.1) is 6.58 Å². The first-order chi connectivity index (χ1) is 7.22. The van der Waals surface area contributed by atoms with Crippen molar-refractivity contribution in [2.24, 2.45) is 0 Å². The van der Waals surface area contributed by atoms with Gasteiger partial charge in [0.15, 0.2) is 0 Å². The number of carbonyl (C=O) groups is 1. The van der Waals surface area contributed by atoms with E-state index in [1.165, 1.54) is 5.56 Å². The lowest BCUT2D eigenvalue weighted by atomic mass is 10.0. The van der Waals surface area contributed by atoms with Gasteiger partial charge >= 0.3 is 0 Å². The van der Waals surface area contributed by atoms with Crippen molar-refractivity contribution in [3.63, 3.8) is 0 Å². The summed E-state index contributed by atoms with van der Waals surface area (Å²) >= 11 is 0. The van der Waals surface area contributed by atoms with Crippen molar-refractivity contribution >= 4 is 5.91 Å². The van der Waals surface area contributed by atoms with E-state index in [-0.39, 0.29) is 11.9 Å². The van der Waals surface area contributed by atoms with Crippen LogP contribution in [0.1, 0.15) is 18.9 Å². The maximum Gasteiger partial charge on any atom is 0.217 e. The molecule has 1 aromatic rings. The van der Waals surface area contributed by atoms with Gasteiger partial charge < -0.3 is 5.32 Å². The number of hydrogen-bond donors (Lipinski definition) is 1. The Kier molecular flexibility index (Phi) is 4.61. The summed E-state index contributed by atoms with van der Waals surface area (Å²) in [7, 11) is 0. The smallest absolute Gasteiger partial charge is 0.217 e. The highest BCUT2D eigenvalue weighted by molar-refractivity contribution is 5.73. The maximum absolute atomic E-state index is 11.0. The highest BCUT2D eigenvalue weighted by Gasteiger charge is 2.08. The summed E-state index contributed by atoms with van der Waals surface area (Å²) < 4.78 is 0. The second kappa shape index (κ2) is 6.02. The molecule has 0 bridgehead atoms. The largest absolute Gasteiger partial charge is 0.353 e. The van der Waals surface area contributed by atoms with Crippen LogP contribution in [0, 0.1) is 0 Å². The summed E-state index contributed by atoms with van der Waals surface area (Å²) in [5, 5.41) is 2.92. The SMILES string of the molecule is C=CCC(Cc1ccccc1)NC(C)=O. The van der Waals surface area contributed by atoms with Crippen LogP contribution in [0.3, 0.4) is 0 Å². The minimum absolute atomic E-state index is 0.0118. The van der Waals surface area contributed by atoms with Gasteiger partial charge in [-0.3, -0.25) is 4.79 Å². The monoisotopic (exact) mass is 203 g/mol. The molecule has 80 valence electrons. The Labute approximate surface area is 91.0 Å². The molecule has 0 saturated heterocycles. The van der Waals surface area contributed by atoms with Crippen LogP contribution in [-0.4, -0.2) is 11.9 Å². The number of carbonyl (C=O) groups excluding carboxylic acids is 1. The molecular formula is C13H17NO. The van der Waals surface area contributed by atoms with E-state index in [1.54, 1.807) is 6.92 Å². The van der Waals surface area contributed by atoms with Crippen LogP contribution in [0.5, 0.6) is 0 Å². The number of benzene rings is 1. The van der Waals surface area contributed by atoms with E-state index in [9.17, 15) is 4.79 Å². The van der Waals surface area contributed by atoms with Crippen LogP contribution in [0.25, 0.3) is 0 Å². The van der Waals surface area contributed by atoms with E-state index in [0.717, 1.165) is 12.8 Å². The Balaban J connectivity index is 2.58. The standard InChI is InChI=1S/C13H17NO/c1-3-7-13(14-11(2)15)10-12-8-5-4-6-9-12/h3-6,8-9,13H,1,7,10H2,2H3,(H,14,15). The van der Waals surface area contributed by atoms with Gasteiger partial charge in [-0.1, -0.05) is 36.4 Å². The van der Waals surface area contributed by atoms with E-state index in [4.69, 9.17) is 0 Å². The Bertz CT molecular complexity index is 319. The lowest BCUT2D eigenvalue weighted by molar-refractivity contribution is -0.119. The second-order valence-corrected chi connectivity index (χ2v) is 3.61. The van der Waals surface area contributed by atoms with Gasteiger partial charge in [-0.05, 0) is 18.4 Å². The van der Waals surface area contributed by atoms with Crippen molar-refractivity contribution < 1.29 is 4.79 Å². The molecule has 0 fully saturated rings. The molecule has 0 aliphatic rings. The fourth-order valence-corrected chi connectivity index (χ4v) is 1.58. The normalized spacial score (nSPS) is 11.8. The van der Waals surface area contributed by atoms with Crippen LogP contribution in [-0.2, 0) is 11.2 Å². The third-order valence-corrected chi connectivity index (χ3v) is 2.18. The molecule has 1 rings (SSSR count). The van der Waals surface area contributed by atoms with E-state index < -0.39 is 0 Å². The molecule has 0 aromatic heterocycles. The first-order valence-electron chi connectivity index (χ1n) is 5.14. The molecule has 1 atom stereocenters. The molecule has 0 heterocycles. The van der Waals surface area contributed by atoms with Crippen LogP contribution in [0.15, 0.2) is 43.0 Å². The summed E-state index contributed by atoms with van der Waals surface area (Å²) in [6.45, 7) is 5.24. The number of hydrogen-bond acceptors (Lipinski definition) is 1. The average Bonchev–Trinajstić information content (AvgIpc) is 2.18. The van der Waals surface area contributed by atoms with Crippen LogP contribution in [0.2, 0.25) is 0 Å². The highest BCUT2D eigenvalue weighted by atomic mass is 16.1. The topological polar surface area (TPSA) is 29.1 Å². The lowest BCUT2D eigenvalue weighted by Gasteiger charge is -2.15. The zero-order valence-electron chi connectivity index (χ0n) is 9.07. The fraction of sp³-hybridized carbons (Fsp3) is 0.308. The van der Waals surface area contributed by atoms with Crippen molar-refractivity contribution in [1.29, 1.82) is 0 Å². The van der Waals surface area contributed by atoms with E-state index >= 15 is 0 Å².